The van der Waals surface area contributed by atoms with Crippen molar-refractivity contribution >= 4 is 18.6 Å². The third-order valence-corrected chi connectivity index (χ3v) is 3.46. The summed E-state index contributed by atoms with van der Waals surface area (Å²) < 4.78 is 0. The third-order valence-electron chi connectivity index (χ3n) is 3.46. The Bertz CT molecular complexity index is 378. The van der Waals surface area contributed by atoms with Gasteiger partial charge >= 0.3 is 6.09 Å². The van der Waals surface area contributed by atoms with Crippen molar-refractivity contribution in [3.8, 4) is 0 Å². The number of likely N-dealkylation sites (N-methyl/N-ethyl adjacent to an activating group) is 1. The molecule has 8 heteroatoms. The van der Waals surface area contributed by atoms with E-state index in [0.29, 0.717) is 25.5 Å². The van der Waals surface area contributed by atoms with Crippen LogP contribution in [0.3, 0.4) is 0 Å². The zero-order valence-corrected chi connectivity index (χ0v) is 13.9. The summed E-state index contributed by atoms with van der Waals surface area (Å²) >= 11 is 0. The normalized spacial score (nSPS) is 16.9. The second kappa shape index (κ2) is 10.3. The largest absolute Gasteiger partial charge is 0.436 e. The summed E-state index contributed by atoms with van der Waals surface area (Å²) in [6, 6.07) is 0. The number of piperazine rings is 1. The fourth-order valence-corrected chi connectivity index (χ4v) is 2.19. The van der Waals surface area contributed by atoms with Gasteiger partial charge in [0.1, 0.15) is 0 Å². The van der Waals surface area contributed by atoms with Crippen molar-refractivity contribution in [3.63, 3.8) is 0 Å². The molecule has 0 saturated carbocycles. The van der Waals surface area contributed by atoms with E-state index < -0.39 is 6.09 Å². The second-order valence-electron chi connectivity index (χ2n) is 5.54. The van der Waals surface area contributed by atoms with Crippen LogP contribution in [-0.4, -0.2) is 100 Å². The maximum Gasteiger partial charge on any atom is 0.436 e. The van der Waals surface area contributed by atoms with Gasteiger partial charge in [-0.05, 0) is 47.4 Å². The molecule has 0 aromatic rings. The van der Waals surface area contributed by atoms with E-state index in [1.165, 1.54) is 0 Å². The van der Waals surface area contributed by atoms with Crippen LogP contribution < -0.4 is 5.32 Å². The predicted octanol–water partition coefficient (Wildman–Crippen LogP) is -0.0742. The van der Waals surface area contributed by atoms with E-state index in [0.717, 1.165) is 32.6 Å². The van der Waals surface area contributed by atoms with Crippen molar-refractivity contribution in [1.29, 1.82) is 0 Å². The summed E-state index contributed by atoms with van der Waals surface area (Å²) in [5.41, 5.74) is 0. The van der Waals surface area contributed by atoms with Crippen molar-refractivity contribution in [1.82, 2.24) is 20.0 Å². The monoisotopic (exact) mass is 312 g/mol. The molecule has 0 radical (unpaired) electrons. The zero-order valence-electron chi connectivity index (χ0n) is 13.9. The molecule has 0 aromatic carbocycles. The van der Waals surface area contributed by atoms with Gasteiger partial charge in [-0.25, -0.2) is 9.79 Å². The molecule has 126 valence electrons. The first-order valence-electron chi connectivity index (χ1n) is 7.58. The standard InChI is InChI=1S/C14H28N6O2/c1-15-12-13(16-2)17-22-14(21)20-10-8-19(9-11-20)7-5-6-18(3)4/h15H,2,5-12H2,1,3-4H3/b17-13-. The van der Waals surface area contributed by atoms with Crippen LogP contribution >= 0.6 is 0 Å². The molecule has 0 spiro atoms. The SMILES string of the molecule is C=N/C(CNC)=N\OC(=O)N1CCN(CCCN(C)C)CC1. The molecule has 0 unspecified atom stereocenters. The topological polar surface area (TPSA) is 72.8 Å². The van der Waals surface area contributed by atoms with Gasteiger partial charge in [0.2, 0.25) is 0 Å². The lowest BCUT2D eigenvalue weighted by atomic mass is 10.3. The molecule has 0 aromatic heterocycles. The van der Waals surface area contributed by atoms with Crippen LogP contribution in [0.5, 0.6) is 0 Å². The van der Waals surface area contributed by atoms with Gasteiger partial charge in [-0.3, -0.25) is 9.74 Å². The van der Waals surface area contributed by atoms with Crippen LogP contribution in [0.4, 0.5) is 4.79 Å². The van der Waals surface area contributed by atoms with E-state index in [4.69, 9.17) is 4.84 Å². The van der Waals surface area contributed by atoms with Crippen LogP contribution in [0.1, 0.15) is 6.42 Å². The Balaban J connectivity index is 2.28. The summed E-state index contributed by atoms with van der Waals surface area (Å²) in [5, 5.41) is 6.59. The molecule has 0 atom stereocenters. The molecule has 0 aliphatic carbocycles. The van der Waals surface area contributed by atoms with E-state index in [1.54, 1.807) is 11.9 Å². The molecule has 1 rings (SSSR count). The van der Waals surface area contributed by atoms with E-state index in [-0.39, 0.29) is 0 Å². The van der Waals surface area contributed by atoms with Crippen molar-refractivity contribution in [2.75, 3.05) is 67.0 Å². The van der Waals surface area contributed by atoms with Gasteiger partial charge in [-0.15, -0.1) is 0 Å². The molecule has 1 saturated heterocycles. The van der Waals surface area contributed by atoms with E-state index in [9.17, 15) is 4.79 Å². The van der Waals surface area contributed by atoms with E-state index >= 15 is 0 Å². The summed E-state index contributed by atoms with van der Waals surface area (Å²) in [7, 11) is 5.92. The fourth-order valence-electron chi connectivity index (χ4n) is 2.19. The number of amidine groups is 1. The Hall–Kier alpha value is -1.51. The number of nitrogens with zero attached hydrogens (tertiary/aromatic N) is 5. The molecule has 1 amide bonds. The molecule has 22 heavy (non-hydrogen) atoms. The molecule has 1 heterocycles. The number of rotatable bonds is 7. The molecule has 0 bridgehead atoms. The van der Waals surface area contributed by atoms with Crippen molar-refractivity contribution in [3.05, 3.63) is 0 Å². The lowest BCUT2D eigenvalue weighted by Gasteiger charge is -2.33. The highest BCUT2D eigenvalue weighted by atomic mass is 16.7. The molecule has 1 aliphatic heterocycles. The van der Waals surface area contributed by atoms with Gasteiger partial charge < -0.3 is 15.1 Å². The van der Waals surface area contributed by atoms with Gasteiger partial charge in [0.05, 0.1) is 6.54 Å². The first-order chi connectivity index (χ1) is 10.6. The minimum atomic E-state index is -0.426. The van der Waals surface area contributed by atoms with Crippen LogP contribution in [0.15, 0.2) is 10.1 Å². The number of carbonyl (C=O) groups is 1. The number of hydrogen-bond donors (Lipinski definition) is 1. The molecular weight excluding hydrogens is 284 g/mol. The zero-order chi connectivity index (χ0) is 16.4. The Morgan fingerprint density at radius 3 is 2.55 bits per heavy atom. The molecular formula is C14H28N6O2. The quantitative estimate of drug-likeness (QED) is 0.308. The highest BCUT2D eigenvalue weighted by molar-refractivity contribution is 5.88. The molecule has 1 fully saturated rings. The summed E-state index contributed by atoms with van der Waals surface area (Å²) in [6.45, 7) is 9.02. The fraction of sp³-hybridized carbons (Fsp3) is 0.786. The van der Waals surface area contributed by atoms with Crippen LogP contribution in [0.25, 0.3) is 0 Å². The number of hydrogen-bond acceptors (Lipinski definition) is 6. The summed E-state index contributed by atoms with van der Waals surface area (Å²) in [4.78, 5) is 26.7. The van der Waals surface area contributed by atoms with Crippen molar-refractivity contribution in [2.45, 2.75) is 6.42 Å². The van der Waals surface area contributed by atoms with Crippen molar-refractivity contribution < 1.29 is 9.63 Å². The Labute approximate surface area is 132 Å². The Morgan fingerprint density at radius 1 is 1.32 bits per heavy atom. The number of nitrogens with one attached hydrogen (secondary N) is 1. The minimum Gasteiger partial charge on any atom is -0.313 e. The van der Waals surface area contributed by atoms with Gasteiger partial charge in [-0.2, -0.15) is 0 Å². The maximum atomic E-state index is 11.9. The molecule has 8 nitrogen and oxygen atoms in total. The van der Waals surface area contributed by atoms with Crippen LogP contribution in [0, 0.1) is 0 Å². The second-order valence-corrected chi connectivity index (χ2v) is 5.54. The number of carbonyl (C=O) groups excluding carboxylic acids is 1. The highest BCUT2D eigenvalue weighted by Gasteiger charge is 2.22. The first kappa shape index (κ1) is 18.5. The first-order valence-corrected chi connectivity index (χ1v) is 7.58. The van der Waals surface area contributed by atoms with Gasteiger partial charge in [0.15, 0.2) is 5.84 Å². The van der Waals surface area contributed by atoms with Gasteiger partial charge in [-0.1, -0.05) is 5.16 Å². The average molecular weight is 312 g/mol. The Kier molecular flexibility index (Phi) is 8.64. The molecule has 1 N–H and O–H groups in total. The smallest absolute Gasteiger partial charge is 0.313 e. The van der Waals surface area contributed by atoms with Gasteiger partial charge in [0, 0.05) is 26.2 Å². The average Bonchev–Trinajstić information content (AvgIpc) is 2.51. The highest BCUT2D eigenvalue weighted by Crippen LogP contribution is 2.05. The van der Waals surface area contributed by atoms with Gasteiger partial charge in [0.25, 0.3) is 0 Å². The van der Waals surface area contributed by atoms with Crippen LogP contribution in [0.2, 0.25) is 0 Å². The Morgan fingerprint density at radius 2 is 2.00 bits per heavy atom. The summed E-state index contributed by atoms with van der Waals surface area (Å²) in [5.74, 6) is 0.359. The maximum absolute atomic E-state index is 11.9. The van der Waals surface area contributed by atoms with E-state index in [2.05, 4.69) is 46.1 Å². The van der Waals surface area contributed by atoms with Crippen molar-refractivity contribution in [2.24, 2.45) is 10.1 Å². The number of oxime groups is 1. The van der Waals surface area contributed by atoms with Crippen LogP contribution in [-0.2, 0) is 4.84 Å². The summed E-state index contributed by atoms with van der Waals surface area (Å²) in [6.07, 6.45) is 0.713. The lowest BCUT2D eigenvalue weighted by Crippen LogP contribution is -2.49. The predicted molar refractivity (Wildman–Crippen MR) is 88.6 cm³/mol. The molecule has 1 aliphatic rings. The lowest BCUT2D eigenvalue weighted by molar-refractivity contribution is 0.0774. The number of amides is 1. The third kappa shape index (κ3) is 6.97. The minimum absolute atomic E-state index is 0.359. The van der Waals surface area contributed by atoms with E-state index in [1.807, 2.05) is 0 Å². The number of aliphatic imine (C=N–C) groups is 1.